The van der Waals surface area contributed by atoms with Crippen molar-refractivity contribution >= 4 is 17.7 Å². The van der Waals surface area contributed by atoms with E-state index in [9.17, 15) is 59.6 Å². The topological polar surface area (TPSA) is 77.8 Å². The van der Waals surface area contributed by atoms with Crippen LogP contribution in [0.4, 0.5) is 39.5 Å². The van der Waals surface area contributed by atoms with Crippen LogP contribution in [-0.2, 0) is 10.2 Å². The Morgan fingerprint density at radius 2 is 1.38 bits per heavy atom. The monoisotopic (exact) mass is 716 g/mol. The predicted molar refractivity (Wildman–Crippen MR) is 164 cm³/mol. The van der Waals surface area contributed by atoms with Gasteiger partial charge in [0.1, 0.15) is 11.5 Å². The summed E-state index contributed by atoms with van der Waals surface area (Å²) in [4.78, 5) is 12.5. The number of phenolic OH excluding ortho intramolecular Hbond substituents is 2. The number of carboxylic acid groups (broad SMARTS) is 1. The summed E-state index contributed by atoms with van der Waals surface area (Å²) in [7, 11) is 0. The van der Waals surface area contributed by atoms with E-state index in [0.29, 0.717) is 12.8 Å². The maximum Gasteiger partial charge on any atom is 0.460 e. The first-order chi connectivity index (χ1) is 22.3. The van der Waals surface area contributed by atoms with Crippen LogP contribution in [0.25, 0.3) is 0 Å². The third-order valence-corrected chi connectivity index (χ3v) is 10.8. The molecule has 270 valence electrons. The largest absolute Gasteiger partial charge is 0.508 e. The van der Waals surface area contributed by atoms with Crippen molar-refractivity contribution in [2.45, 2.75) is 124 Å². The van der Waals surface area contributed by atoms with Crippen molar-refractivity contribution in [1.29, 1.82) is 0 Å². The number of carbonyl (C=O) groups is 1. The normalized spacial score (nSPS) is 19.6. The molecule has 0 radical (unpaired) electrons. The smallest absolute Gasteiger partial charge is 0.460 e. The van der Waals surface area contributed by atoms with Gasteiger partial charge in [0.05, 0.1) is 5.92 Å². The van der Waals surface area contributed by atoms with Crippen molar-refractivity contribution in [2.75, 3.05) is 5.75 Å². The van der Waals surface area contributed by atoms with Gasteiger partial charge in [-0.3, -0.25) is 4.79 Å². The molecule has 0 aliphatic carbocycles. The van der Waals surface area contributed by atoms with Gasteiger partial charge in [-0.15, -0.1) is 11.8 Å². The molecule has 4 nitrogen and oxygen atoms in total. The Balaban J connectivity index is 1.48. The van der Waals surface area contributed by atoms with E-state index in [4.69, 9.17) is 0 Å². The molecule has 1 heterocycles. The van der Waals surface area contributed by atoms with E-state index >= 15 is 0 Å². The van der Waals surface area contributed by atoms with E-state index in [2.05, 4.69) is 6.92 Å². The van der Waals surface area contributed by atoms with Gasteiger partial charge in [0.2, 0.25) is 0 Å². The van der Waals surface area contributed by atoms with Gasteiger partial charge in [0, 0.05) is 22.5 Å². The second-order valence-corrected chi connectivity index (χ2v) is 13.6. The number of thioether (sulfide) groups is 1. The fraction of sp³-hybridized carbons (Fsp3) is 0.618. The summed E-state index contributed by atoms with van der Waals surface area (Å²) in [5.41, 5.74) is 2.13. The van der Waals surface area contributed by atoms with E-state index in [1.54, 1.807) is 36.0 Å². The number of aromatic hydroxyl groups is 2. The summed E-state index contributed by atoms with van der Waals surface area (Å²) in [6.07, 6.45) is -3.84. The van der Waals surface area contributed by atoms with Gasteiger partial charge in [0.15, 0.2) is 0 Å². The zero-order chi connectivity index (χ0) is 36.0. The van der Waals surface area contributed by atoms with Crippen molar-refractivity contribution in [1.82, 2.24) is 0 Å². The summed E-state index contributed by atoms with van der Waals surface area (Å²) in [6.45, 7) is 2.15. The quantitative estimate of drug-likeness (QED) is 0.106. The van der Waals surface area contributed by atoms with Crippen LogP contribution in [0, 0.1) is 5.92 Å². The third kappa shape index (κ3) is 8.68. The lowest BCUT2D eigenvalue weighted by molar-refractivity contribution is -0.396. The van der Waals surface area contributed by atoms with Gasteiger partial charge >= 0.3 is 29.9 Å². The molecule has 14 heteroatoms. The summed E-state index contributed by atoms with van der Waals surface area (Å²) in [5, 5.41) is 29.2. The molecule has 0 fully saturated rings. The molecule has 2 aromatic carbocycles. The first kappa shape index (κ1) is 39.7. The zero-order valence-corrected chi connectivity index (χ0v) is 27.3. The highest BCUT2D eigenvalue weighted by Gasteiger charge is 2.81. The number of benzene rings is 2. The lowest BCUT2D eigenvalue weighted by atomic mass is 9.65. The Kier molecular flexibility index (Phi) is 13.1. The van der Waals surface area contributed by atoms with Crippen LogP contribution < -0.4 is 0 Å². The summed E-state index contributed by atoms with van der Waals surface area (Å²) in [6, 6.07) is 12.7. The van der Waals surface area contributed by atoms with Crippen molar-refractivity contribution in [3.63, 3.8) is 0 Å². The van der Waals surface area contributed by atoms with Gasteiger partial charge in [-0.2, -0.15) is 39.5 Å². The first-order valence-corrected chi connectivity index (χ1v) is 17.0. The molecule has 3 atom stereocenters. The molecule has 0 amide bonds. The molecule has 3 N–H and O–H groups in total. The fourth-order valence-electron chi connectivity index (χ4n) is 6.54. The molecule has 3 unspecified atom stereocenters. The minimum Gasteiger partial charge on any atom is -0.508 e. The number of aliphatic carboxylic acids is 1. The van der Waals surface area contributed by atoms with Crippen LogP contribution >= 0.6 is 11.8 Å². The van der Waals surface area contributed by atoms with E-state index < -0.39 is 48.7 Å². The maximum atomic E-state index is 13.9. The van der Waals surface area contributed by atoms with E-state index in [-0.39, 0.29) is 35.7 Å². The van der Waals surface area contributed by atoms with Crippen LogP contribution in [-0.4, -0.2) is 51.0 Å². The van der Waals surface area contributed by atoms with Gasteiger partial charge in [-0.1, -0.05) is 70.1 Å². The lowest BCUT2D eigenvalue weighted by Gasteiger charge is -2.45. The summed E-state index contributed by atoms with van der Waals surface area (Å²) in [5.74, 6) is -21.4. The standard InChI is InChI=1S/C34H41F9O4S/c1-2-30(23-12-14-24(44)15-13-23)21-48-28-20-25(45)16-17-26(28)27(30)11-9-7-5-3-4-6-8-10-22(29(46)47)18-19-31(35,36)32(37,38)33(39,40)34(41,42)43/h12-17,20,22,27,44-45H,2-11,18-19,21H2,1H3,(H,46,47). The number of rotatable bonds is 18. The summed E-state index contributed by atoms with van der Waals surface area (Å²) < 4.78 is 118. The Morgan fingerprint density at radius 1 is 0.812 bits per heavy atom. The number of hydrogen-bond acceptors (Lipinski definition) is 4. The minimum absolute atomic E-state index is 0.170. The number of hydrogen-bond donors (Lipinski definition) is 3. The van der Waals surface area contributed by atoms with Gasteiger partial charge in [-0.05, 0) is 67.0 Å². The Hall–Kier alpha value is -2.77. The van der Waals surface area contributed by atoms with E-state index in [1.165, 1.54) is 5.56 Å². The minimum atomic E-state index is -6.99. The molecule has 2 aromatic rings. The summed E-state index contributed by atoms with van der Waals surface area (Å²) >= 11 is 1.70. The highest BCUT2D eigenvalue weighted by molar-refractivity contribution is 7.99. The third-order valence-electron chi connectivity index (χ3n) is 9.51. The van der Waals surface area contributed by atoms with Gasteiger partial charge in [-0.25, -0.2) is 0 Å². The number of alkyl halides is 9. The van der Waals surface area contributed by atoms with E-state index in [0.717, 1.165) is 54.7 Å². The second-order valence-electron chi connectivity index (χ2n) is 12.6. The Morgan fingerprint density at radius 3 is 1.94 bits per heavy atom. The highest BCUT2D eigenvalue weighted by Crippen LogP contribution is 2.56. The SMILES string of the molecule is CCC1(c2ccc(O)cc2)CSc2cc(O)ccc2C1CCCCCCCCCC(CCC(F)(F)C(F)(F)C(F)(F)C(F)(F)F)C(=O)O. The molecule has 0 aromatic heterocycles. The maximum absolute atomic E-state index is 13.9. The average Bonchev–Trinajstić information content (AvgIpc) is 3.01. The van der Waals surface area contributed by atoms with Gasteiger partial charge < -0.3 is 15.3 Å². The molecule has 1 aliphatic rings. The molecular formula is C34H41F9O4S. The number of unbranched alkanes of at least 4 members (excludes halogenated alkanes) is 6. The van der Waals surface area contributed by atoms with Crippen LogP contribution in [0.15, 0.2) is 47.4 Å². The average molecular weight is 717 g/mol. The molecule has 3 rings (SSSR count). The number of carboxylic acids is 1. The highest BCUT2D eigenvalue weighted by atomic mass is 32.2. The number of halogens is 9. The van der Waals surface area contributed by atoms with Crippen molar-refractivity contribution < 1.29 is 59.6 Å². The zero-order valence-electron chi connectivity index (χ0n) is 26.4. The molecular weight excluding hydrogens is 675 g/mol. The van der Waals surface area contributed by atoms with Crippen LogP contribution in [0.3, 0.4) is 0 Å². The van der Waals surface area contributed by atoms with Crippen molar-refractivity contribution in [3.8, 4) is 11.5 Å². The molecule has 1 aliphatic heterocycles. The van der Waals surface area contributed by atoms with Crippen molar-refractivity contribution in [3.05, 3.63) is 53.6 Å². The van der Waals surface area contributed by atoms with Crippen LogP contribution in [0.2, 0.25) is 0 Å². The van der Waals surface area contributed by atoms with Crippen molar-refractivity contribution in [2.24, 2.45) is 5.92 Å². The van der Waals surface area contributed by atoms with Crippen LogP contribution in [0.5, 0.6) is 11.5 Å². The molecule has 48 heavy (non-hydrogen) atoms. The number of phenols is 2. The molecule has 0 saturated carbocycles. The molecule has 0 spiro atoms. The molecule has 0 saturated heterocycles. The second kappa shape index (κ2) is 15.8. The predicted octanol–water partition coefficient (Wildman–Crippen LogP) is 11.1. The van der Waals surface area contributed by atoms with Gasteiger partial charge in [0.25, 0.3) is 0 Å². The molecule has 0 bridgehead atoms. The first-order valence-electron chi connectivity index (χ1n) is 16.0. The Bertz CT molecular complexity index is 1350. The van der Waals surface area contributed by atoms with E-state index in [1.807, 2.05) is 18.2 Å². The fourth-order valence-corrected chi connectivity index (χ4v) is 8.10. The van der Waals surface area contributed by atoms with Crippen LogP contribution in [0.1, 0.15) is 101 Å². The number of fused-ring (bicyclic) bond motifs is 1. The Labute approximate surface area is 278 Å². The lowest BCUT2D eigenvalue weighted by Crippen LogP contribution is -2.60.